The van der Waals surface area contributed by atoms with Crippen LogP contribution >= 0.6 is 15.9 Å². The van der Waals surface area contributed by atoms with Crippen molar-refractivity contribution in [3.63, 3.8) is 0 Å². The molecule has 2 N–H and O–H groups in total. The van der Waals surface area contributed by atoms with Gasteiger partial charge in [0.2, 0.25) is 0 Å². The first-order chi connectivity index (χ1) is 8.27. The second-order valence-electron chi connectivity index (χ2n) is 3.58. The SMILES string of the molecule is Nc1nnc(-c2occc2Br)c2ccccc12. The molecule has 0 spiro atoms. The van der Waals surface area contributed by atoms with Gasteiger partial charge in [0, 0.05) is 10.8 Å². The summed E-state index contributed by atoms with van der Waals surface area (Å²) in [5, 5.41) is 9.86. The molecule has 84 valence electrons. The number of furan rings is 1. The third-order valence-corrected chi connectivity index (χ3v) is 3.17. The van der Waals surface area contributed by atoms with Gasteiger partial charge in [0.25, 0.3) is 0 Å². The highest BCUT2D eigenvalue weighted by molar-refractivity contribution is 9.10. The Morgan fingerprint density at radius 2 is 1.82 bits per heavy atom. The van der Waals surface area contributed by atoms with Crippen molar-refractivity contribution in [2.75, 3.05) is 5.73 Å². The van der Waals surface area contributed by atoms with Crippen molar-refractivity contribution >= 4 is 32.5 Å². The fourth-order valence-electron chi connectivity index (χ4n) is 1.76. The minimum absolute atomic E-state index is 0.423. The minimum Gasteiger partial charge on any atom is -0.461 e. The second-order valence-corrected chi connectivity index (χ2v) is 4.43. The summed E-state index contributed by atoms with van der Waals surface area (Å²) in [6, 6.07) is 9.54. The number of nitrogens with zero attached hydrogens (tertiary/aromatic N) is 2. The molecule has 0 fully saturated rings. The first-order valence-electron chi connectivity index (χ1n) is 5.01. The molecular formula is C12H8BrN3O. The molecule has 17 heavy (non-hydrogen) atoms. The Morgan fingerprint density at radius 3 is 2.53 bits per heavy atom. The number of anilines is 1. The van der Waals surface area contributed by atoms with Gasteiger partial charge in [-0.3, -0.25) is 0 Å². The Labute approximate surface area is 106 Å². The number of halogens is 1. The van der Waals surface area contributed by atoms with Crippen molar-refractivity contribution < 1.29 is 4.42 Å². The average Bonchev–Trinajstić information content (AvgIpc) is 2.77. The average molecular weight is 290 g/mol. The standard InChI is InChI=1S/C12H8BrN3O/c13-9-5-6-17-11(9)10-7-3-1-2-4-8(7)12(14)16-15-10/h1-6H,(H2,14,16). The molecule has 4 nitrogen and oxygen atoms in total. The second kappa shape index (κ2) is 3.85. The highest BCUT2D eigenvalue weighted by atomic mass is 79.9. The van der Waals surface area contributed by atoms with Gasteiger partial charge in [-0.25, -0.2) is 0 Å². The Kier molecular flexibility index (Phi) is 2.33. The normalized spacial score (nSPS) is 10.9. The maximum absolute atomic E-state index is 5.80. The van der Waals surface area contributed by atoms with E-state index in [-0.39, 0.29) is 0 Å². The molecule has 0 amide bonds. The third kappa shape index (κ3) is 1.59. The van der Waals surface area contributed by atoms with E-state index in [2.05, 4.69) is 26.1 Å². The zero-order valence-corrected chi connectivity index (χ0v) is 10.3. The van der Waals surface area contributed by atoms with Crippen LogP contribution in [0.25, 0.3) is 22.2 Å². The van der Waals surface area contributed by atoms with Gasteiger partial charge in [-0.15, -0.1) is 10.2 Å². The maximum atomic E-state index is 5.80. The molecule has 0 unspecified atom stereocenters. The zero-order chi connectivity index (χ0) is 11.8. The molecule has 0 saturated carbocycles. The lowest BCUT2D eigenvalue weighted by atomic mass is 10.1. The van der Waals surface area contributed by atoms with E-state index in [0.717, 1.165) is 15.2 Å². The van der Waals surface area contributed by atoms with Crippen molar-refractivity contribution in [3.8, 4) is 11.5 Å². The number of fused-ring (bicyclic) bond motifs is 1. The maximum Gasteiger partial charge on any atom is 0.168 e. The number of nitrogens with two attached hydrogens (primary N) is 1. The Balaban J connectivity index is 2.39. The van der Waals surface area contributed by atoms with Gasteiger partial charge in [-0.2, -0.15) is 0 Å². The summed E-state index contributed by atoms with van der Waals surface area (Å²) in [4.78, 5) is 0. The van der Waals surface area contributed by atoms with Gasteiger partial charge in [0.1, 0.15) is 5.69 Å². The lowest BCUT2D eigenvalue weighted by molar-refractivity contribution is 0.578. The number of benzene rings is 1. The van der Waals surface area contributed by atoms with Crippen molar-refractivity contribution in [2.24, 2.45) is 0 Å². The Morgan fingerprint density at radius 1 is 1.06 bits per heavy atom. The van der Waals surface area contributed by atoms with Crippen LogP contribution < -0.4 is 5.73 Å². The van der Waals surface area contributed by atoms with Crippen molar-refractivity contribution in [1.29, 1.82) is 0 Å². The molecule has 0 aliphatic rings. The number of nitrogen functional groups attached to an aromatic ring is 1. The van der Waals surface area contributed by atoms with E-state index in [1.165, 1.54) is 0 Å². The molecule has 0 saturated heterocycles. The molecule has 3 rings (SSSR count). The monoisotopic (exact) mass is 289 g/mol. The van der Waals surface area contributed by atoms with E-state index < -0.39 is 0 Å². The van der Waals surface area contributed by atoms with Crippen LogP contribution in [0.4, 0.5) is 5.82 Å². The van der Waals surface area contributed by atoms with Crippen LogP contribution in [0.3, 0.4) is 0 Å². The third-order valence-electron chi connectivity index (χ3n) is 2.55. The lowest BCUT2D eigenvalue weighted by Crippen LogP contribution is -1.97. The summed E-state index contributed by atoms with van der Waals surface area (Å²) >= 11 is 3.41. The van der Waals surface area contributed by atoms with Crippen molar-refractivity contribution in [1.82, 2.24) is 10.2 Å². The quantitative estimate of drug-likeness (QED) is 0.747. The summed E-state index contributed by atoms with van der Waals surface area (Å²) in [6.45, 7) is 0. The van der Waals surface area contributed by atoms with Crippen molar-refractivity contribution in [3.05, 3.63) is 41.1 Å². The number of aromatic nitrogens is 2. The minimum atomic E-state index is 0.423. The number of hydrogen-bond acceptors (Lipinski definition) is 4. The molecule has 3 aromatic rings. The molecule has 1 aromatic carbocycles. The van der Waals surface area contributed by atoms with Gasteiger partial charge in [0.05, 0.1) is 10.7 Å². The highest BCUT2D eigenvalue weighted by Gasteiger charge is 2.14. The summed E-state index contributed by atoms with van der Waals surface area (Å²) in [5.41, 5.74) is 6.49. The van der Waals surface area contributed by atoms with Crippen LogP contribution in [0.15, 0.2) is 45.5 Å². The van der Waals surface area contributed by atoms with Crippen LogP contribution in [0, 0.1) is 0 Å². The van der Waals surface area contributed by atoms with E-state index in [0.29, 0.717) is 17.3 Å². The number of hydrogen-bond donors (Lipinski definition) is 1. The van der Waals surface area contributed by atoms with E-state index >= 15 is 0 Å². The molecule has 0 aliphatic heterocycles. The molecule has 5 heteroatoms. The fraction of sp³-hybridized carbons (Fsp3) is 0. The Bertz CT molecular complexity index is 693. The first-order valence-corrected chi connectivity index (χ1v) is 5.81. The largest absolute Gasteiger partial charge is 0.461 e. The smallest absolute Gasteiger partial charge is 0.168 e. The van der Waals surface area contributed by atoms with Crippen LogP contribution in [0.5, 0.6) is 0 Å². The molecule has 0 aliphatic carbocycles. The van der Waals surface area contributed by atoms with Gasteiger partial charge < -0.3 is 10.2 Å². The van der Waals surface area contributed by atoms with Crippen LogP contribution in [0.2, 0.25) is 0 Å². The lowest BCUT2D eigenvalue weighted by Gasteiger charge is -2.04. The highest BCUT2D eigenvalue weighted by Crippen LogP contribution is 2.33. The summed E-state index contributed by atoms with van der Waals surface area (Å²) in [5.74, 6) is 1.08. The van der Waals surface area contributed by atoms with E-state index in [1.54, 1.807) is 6.26 Å². The summed E-state index contributed by atoms with van der Waals surface area (Å²) in [7, 11) is 0. The fourth-order valence-corrected chi connectivity index (χ4v) is 2.14. The molecular weight excluding hydrogens is 282 g/mol. The van der Waals surface area contributed by atoms with Gasteiger partial charge in [0.15, 0.2) is 11.6 Å². The van der Waals surface area contributed by atoms with E-state index in [9.17, 15) is 0 Å². The predicted molar refractivity (Wildman–Crippen MR) is 69.4 cm³/mol. The molecule has 0 radical (unpaired) electrons. The Hall–Kier alpha value is -1.88. The van der Waals surface area contributed by atoms with Crippen molar-refractivity contribution in [2.45, 2.75) is 0 Å². The first kappa shape index (κ1) is 10.3. The molecule has 2 aromatic heterocycles. The van der Waals surface area contributed by atoms with Crippen LogP contribution in [0.1, 0.15) is 0 Å². The topological polar surface area (TPSA) is 64.9 Å². The van der Waals surface area contributed by atoms with Gasteiger partial charge in [-0.05, 0) is 22.0 Å². The predicted octanol–water partition coefficient (Wildman–Crippen LogP) is 3.23. The number of rotatable bonds is 1. The van der Waals surface area contributed by atoms with Crippen LogP contribution in [-0.2, 0) is 0 Å². The van der Waals surface area contributed by atoms with E-state index in [1.807, 2.05) is 30.3 Å². The van der Waals surface area contributed by atoms with Gasteiger partial charge in [-0.1, -0.05) is 24.3 Å². The molecule has 0 bridgehead atoms. The van der Waals surface area contributed by atoms with Gasteiger partial charge >= 0.3 is 0 Å². The molecule has 2 heterocycles. The van der Waals surface area contributed by atoms with Crippen LogP contribution in [-0.4, -0.2) is 10.2 Å². The van der Waals surface area contributed by atoms with E-state index in [4.69, 9.17) is 10.2 Å². The summed E-state index contributed by atoms with van der Waals surface area (Å²) in [6.07, 6.45) is 1.60. The zero-order valence-electron chi connectivity index (χ0n) is 8.72. The molecule has 0 atom stereocenters. The summed E-state index contributed by atoms with van der Waals surface area (Å²) < 4.78 is 6.26.